The lowest BCUT2D eigenvalue weighted by atomic mass is 9.88. The second-order valence-electron chi connectivity index (χ2n) is 4.69. The van der Waals surface area contributed by atoms with E-state index in [9.17, 15) is 4.79 Å². The maximum absolute atomic E-state index is 12.1. The third kappa shape index (κ3) is 2.08. The highest BCUT2D eigenvalue weighted by atomic mass is 35.5. The van der Waals surface area contributed by atoms with Gasteiger partial charge >= 0.3 is 0 Å². The third-order valence-electron chi connectivity index (χ3n) is 3.46. The van der Waals surface area contributed by atoms with Gasteiger partial charge in [0.25, 0.3) is 0 Å². The maximum Gasteiger partial charge on any atom is 0.247 e. The van der Waals surface area contributed by atoms with Crippen LogP contribution in [0.15, 0.2) is 48.5 Å². The molecule has 1 fully saturated rings. The molecule has 2 N–H and O–H groups in total. The summed E-state index contributed by atoms with van der Waals surface area (Å²) in [4.78, 5) is 13.7. The molecule has 5 heteroatoms. The Hall–Kier alpha value is -1.55. The number of nitrogens with two attached hydrogens (primary N) is 1. The molecule has 0 aromatic heterocycles. The van der Waals surface area contributed by atoms with Crippen LogP contribution in [0.1, 0.15) is 11.6 Å². The van der Waals surface area contributed by atoms with Crippen LogP contribution in [-0.2, 0) is 4.79 Å². The van der Waals surface area contributed by atoms with Gasteiger partial charge in [-0.2, -0.15) is 0 Å². The highest BCUT2D eigenvalue weighted by Gasteiger charge is 2.46. The topological polar surface area (TPSA) is 46.3 Å². The first kappa shape index (κ1) is 13.4. The number of halogens is 2. The van der Waals surface area contributed by atoms with Crippen molar-refractivity contribution in [2.24, 2.45) is 5.73 Å². The fourth-order valence-electron chi connectivity index (χ4n) is 2.44. The summed E-state index contributed by atoms with van der Waals surface area (Å²) in [5.74, 6) is -0.114. The molecule has 0 unspecified atom stereocenters. The number of carbonyl (C=O) groups is 1. The molecule has 102 valence electrons. The molecule has 2 aromatic carbocycles. The first-order chi connectivity index (χ1) is 9.59. The standard InChI is InChI=1S/C15H12Cl2N2O/c16-11-7-6-10(8-12(11)17)19-14(13(18)15(19)20)9-4-2-1-3-5-9/h1-8,13-14H,18H2/t13-,14-/m1/s1. The number of hydrogen-bond acceptors (Lipinski definition) is 2. The van der Waals surface area contributed by atoms with Gasteiger partial charge in [-0.05, 0) is 23.8 Å². The van der Waals surface area contributed by atoms with E-state index in [1.54, 1.807) is 23.1 Å². The van der Waals surface area contributed by atoms with Crippen molar-refractivity contribution in [3.8, 4) is 0 Å². The second kappa shape index (κ2) is 5.09. The highest BCUT2D eigenvalue weighted by molar-refractivity contribution is 6.42. The number of nitrogens with zero attached hydrogens (tertiary/aromatic N) is 1. The Morgan fingerprint density at radius 3 is 2.35 bits per heavy atom. The molecule has 1 amide bonds. The molecule has 0 saturated carbocycles. The van der Waals surface area contributed by atoms with Crippen LogP contribution >= 0.6 is 23.2 Å². The molecule has 2 aromatic rings. The molecule has 2 atom stereocenters. The van der Waals surface area contributed by atoms with Crippen LogP contribution in [0.25, 0.3) is 0 Å². The van der Waals surface area contributed by atoms with Crippen molar-refractivity contribution in [3.05, 3.63) is 64.1 Å². The van der Waals surface area contributed by atoms with E-state index in [4.69, 9.17) is 28.9 Å². The summed E-state index contributed by atoms with van der Waals surface area (Å²) in [6, 6.07) is 14.2. The average Bonchev–Trinajstić information content (AvgIpc) is 2.47. The molecule has 0 bridgehead atoms. The molecule has 3 nitrogen and oxygen atoms in total. The number of benzene rings is 2. The van der Waals surface area contributed by atoms with Gasteiger partial charge < -0.3 is 10.6 Å². The van der Waals surface area contributed by atoms with Crippen molar-refractivity contribution in [1.29, 1.82) is 0 Å². The van der Waals surface area contributed by atoms with Gasteiger partial charge in [0.2, 0.25) is 5.91 Å². The van der Waals surface area contributed by atoms with Gasteiger partial charge in [-0.15, -0.1) is 0 Å². The Labute approximate surface area is 126 Å². The lowest BCUT2D eigenvalue weighted by Crippen LogP contribution is -2.63. The van der Waals surface area contributed by atoms with Crippen LogP contribution in [-0.4, -0.2) is 11.9 Å². The zero-order valence-corrected chi connectivity index (χ0v) is 12.0. The Morgan fingerprint density at radius 1 is 1.00 bits per heavy atom. The van der Waals surface area contributed by atoms with Gasteiger partial charge in [0.1, 0.15) is 6.04 Å². The van der Waals surface area contributed by atoms with Crippen molar-refractivity contribution in [2.45, 2.75) is 12.1 Å². The van der Waals surface area contributed by atoms with Gasteiger partial charge in [0, 0.05) is 5.69 Å². The molecule has 3 rings (SSSR count). The fraction of sp³-hybridized carbons (Fsp3) is 0.133. The SMILES string of the molecule is N[C@H]1C(=O)N(c2ccc(Cl)c(Cl)c2)[C@@H]1c1ccccc1. The van der Waals surface area contributed by atoms with Gasteiger partial charge in [0.05, 0.1) is 16.1 Å². The van der Waals surface area contributed by atoms with E-state index in [0.717, 1.165) is 5.56 Å². The fourth-order valence-corrected chi connectivity index (χ4v) is 2.73. The molecule has 1 aliphatic rings. The molecule has 1 heterocycles. The van der Waals surface area contributed by atoms with Crippen molar-refractivity contribution >= 4 is 34.8 Å². The highest BCUT2D eigenvalue weighted by Crippen LogP contribution is 2.39. The summed E-state index contributed by atoms with van der Waals surface area (Å²) in [6.45, 7) is 0. The van der Waals surface area contributed by atoms with E-state index >= 15 is 0 Å². The number of amides is 1. The molecule has 0 spiro atoms. The quantitative estimate of drug-likeness (QED) is 0.864. The van der Waals surface area contributed by atoms with Gasteiger partial charge in [-0.25, -0.2) is 0 Å². The number of rotatable bonds is 2. The monoisotopic (exact) mass is 306 g/mol. The van der Waals surface area contributed by atoms with E-state index in [2.05, 4.69) is 0 Å². The summed E-state index contributed by atoms with van der Waals surface area (Å²) < 4.78 is 0. The summed E-state index contributed by atoms with van der Waals surface area (Å²) in [7, 11) is 0. The smallest absolute Gasteiger partial charge is 0.247 e. The summed E-state index contributed by atoms with van der Waals surface area (Å²) in [6.07, 6.45) is 0. The minimum atomic E-state index is -0.521. The van der Waals surface area contributed by atoms with E-state index in [0.29, 0.717) is 15.7 Å². The van der Waals surface area contributed by atoms with E-state index in [1.165, 1.54) is 0 Å². The van der Waals surface area contributed by atoms with Crippen LogP contribution in [0.2, 0.25) is 10.0 Å². The number of carbonyl (C=O) groups excluding carboxylic acids is 1. The van der Waals surface area contributed by atoms with Crippen LogP contribution in [0.3, 0.4) is 0 Å². The predicted octanol–water partition coefficient (Wildman–Crippen LogP) is 3.41. The van der Waals surface area contributed by atoms with Gasteiger partial charge in [-0.1, -0.05) is 53.5 Å². The van der Waals surface area contributed by atoms with Crippen LogP contribution in [0, 0.1) is 0 Å². The van der Waals surface area contributed by atoms with E-state index in [1.807, 2.05) is 30.3 Å². The summed E-state index contributed by atoms with van der Waals surface area (Å²) >= 11 is 11.9. The lowest BCUT2D eigenvalue weighted by Gasteiger charge is -2.45. The van der Waals surface area contributed by atoms with Gasteiger partial charge in [-0.3, -0.25) is 4.79 Å². The maximum atomic E-state index is 12.1. The van der Waals surface area contributed by atoms with Crippen LogP contribution in [0.4, 0.5) is 5.69 Å². The van der Waals surface area contributed by atoms with Crippen LogP contribution in [0.5, 0.6) is 0 Å². The largest absolute Gasteiger partial charge is 0.318 e. The zero-order chi connectivity index (χ0) is 14.3. The second-order valence-corrected chi connectivity index (χ2v) is 5.50. The van der Waals surface area contributed by atoms with Crippen LogP contribution < -0.4 is 10.6 Å². The number of β-lactam (4-membered cyclic amide) rings is 1. The first-order valence-corrected chi connectivity index (χ1v) is 6.94. The molecule has 0 aliphatic carbocycles. The van der Waals surface area contributed by atoms with Crippen molar-refractivity contribution < 1.29 is 4.79 Å². The van der Waals surface area contributed by atoms with Crippen molar-refractivity contribution in [3.63, 3.8) is 0 Å². The number of anilines is 1. The van der Waals surface area contributed by atoms with Crippen molar-refractivity contribution in [2.75, 3.05) is 4.90 Å². The molecule has 1 aliphatic heterocycles. The minimum Gasteiger partial charge on any atom is -0.318 e. The average molecular weight is 307 g/mol. The Morgan fingerprint density at radius 2 is 1.70 bits per heavy atom. The Balaban J connectivity index is 1.99. The molecular formula is C15H12Cl2N2O. The predicted molar refractivity (Wildman–Crippen MR) is 81.1 cm³/mol. The summed E-state index contributed by atoms with van der Waals surface area (Å²) in [5, 5.41) is 0.883. The molecule has 20 heavy (non-hydrogen) atoms. The van der Waals surface area contributed by atoms with E-state index < -0.39 is 6.04 Å². The lowest BCUT2D eigenvalue weighted by molar-refractivity contribution is -0.126. The zero-order valence-electron chi connectivity index (χ0n) is 10.5. The molecular weight excluding hydrogens is 295 g/mol. The Bertz CT molecular complexity index is 660. The minimum absolute atomic E-state index is 0.114. The molecule has 0 radical (unpaired) electrons. The summed E-state index contributed by atoms with van der Waals surface area (Å²) in [5.41, 5.74) is 7.66. The normalized spacial score (nSPS) is 21.8. The molecule has 1 saturated heterocycles. The number of hydrogen-bond donors (Lipinski definition) is 1. The van der Waals surface area contributed by atoms with E-state index in [-0.39, 0.29) is 11.9 Å². The first-order valence-electron chi connectivity index (χ1n) is 6.18. The van der Waals surface area contributed by atoms with Gasteiger partial charge in [0.15, 0.2) is 0 Å². The third-order valence-corrected chi connectivity index (χ3v) is 4.20. The Kier molecular flexibility index (Phi) is 3.42. The van der Waals surface area contributed by atoms with Crippen molar-refractivity contribution in [1.82, 2.24) is 0 Å².